The molecule has 5 nitrogen and oxygen atoms in total. The molecular weight excluding hydrogens is 202 g/mol. The molecule has 16 heavy (non-hydrogen) atoms. The first-order valence-corrected chi connectivity index (χ1v) is 5.44. The maximum atomic E-state index is 3.71. The van der Waals surface area contributed by atoms with Crippen LogP contribution in [0.4, 0.5) is 0 Å². The van der Waals surface area contributed by atoms with E-state index in [0.29, 0.717) is 5.82 Å². The van der Waals surface area contributed by atoms with Gasteiger partial charge in [0.1, 0.15) is 0 Å². The Morgan fingerprint density at radius 1 is 1.12 bits per heavy atom. The van der Waals surface area contributed by atoms with Gasteiger partial charge in [-0.15, -0.1) is 0 Å². The SMILES string of the molecule is CC[NH2+]CC.c1ccc(-c2nnn[n-]2)cc1. The fourth-order valence-corrected chi connectivity index (χ4v) is 1.14. The first-order chi connectivity index (χ1) is 7.88. The smallest absolute Gasteiger partial charge is 0.0726 e. The standard InChI is InChI=1S/C7H5N4.C4H11N/c1-2-4-6(5-3-1)7-8-10-11-9-7;1-3-5-4-2/h1-5H;5H,3-4H2,1-2H3/q-1;/p+1. The summed E-state index contributed by atoms with van der Waals surface area (Å²) in [4.78, 5) is 0. The van der Waals surface area contributed by atoms with Crippen LogP contribution in [0.2, 0.25) is 0 Å². The summed E-state index contributed by atoms with van der Waals surface area (Å²) in [7, 11) is 0. The van der Waals surface area contributed by atoms with Crippen LogP contribution in [0.5, 0.6) is 0 Å². The molecule has 86 valence electrons. The van der Waals surface area contributed by atoms with E-state index >= 15 is 0 Å². The van der Waals surface area contributed by atoms with Crippen molar-refractivity contribution >= 4 is 0 Å². The van der Waals surface area contributed by atoms with Crippen LogP contribution in [0.15, 0.2) is 30.3 Å². The highest BCUT2D eigenvalue weighted by molar-refractivity contribution is 5.52. The topological polar surface area (TPSA) is 69.4 Å². The van der Waals surface area contributed by atoms with Gasteiger partial charge in [-0.2, -0.15) is 5.21 Å². The van der Waals surface area contributed by atoms with Crippen LogP contribution in [0.1, 0.15) is 13.8 Å². The zero-order valence-electron chi connectivity index (χ0n) is 9.67. The lowest BCUT2D eigenvalue weighted by Gasteiger charge is -1.96. The monoisotopic (exact) mass is 219 g/mol. The molecule has 2 rings (SSSR count). The number of hydrogen-bond donors (Lipinski definition) is 1. The molecule has 1 aromatic carbocycles. The highest BCUT2D eigenvalue weighted by Gasteiger charge is 1.89. The van der Waals surface area contributed by atoms with E-state index < -0.39 is 0 Å². The average Bonchev–Trinajstić information content (AvgIpc) is 2.86. The molecule has 0 aliphatic rings. The highest BCUT2D eigenvalue weighted by Crippen LogP contribution is 2.09. The van der Waals surface area contributed by atoms with Gasteiger partial charge in [-0.25, -0.2) is 0 Å². The van der Waals surface area contributed by atoms with Gasteiger partial charge in [-0.3, -0.25) is 10.3 Å². The van der Waals surface area contributed by atoms with E-state index in [4.69, 9.17) is 0 Å². The van der Waals surface area contributed by atoms with Crippen molar-refractivity contribution in [2.45, 2.75) is 13.8 Å². The summed E-state index contributed by atoms with van der Waals surface area (Å²) in [6, 6.07) is 9.61. The van der Waals surface area contributed by atoms with Crippen LogP contribution in [0.25, 0.3) is 11.4 Å². The molecule has 1 aromatic heterocycles. The molecule has 0 saturated carbocycles. The highest BCUT2D eigenvalue weighted by atomic mass is 15.5. The van der Waals surface area contributed by atoms with Crippen LogP contribution >= 0.6 is 0 Å². The Balaban J connectivity index is 0.000000221. The largest absolute Gasteiger partial charge is 0.347 e. The molecule has 0 atom stereocenters. The molecule has 0 saturated heterocycles. The fraction of sp³-hybridized carbons (Fsp3) is 0.364. The van der Waals surface area contributed by atoms with E-state index in [1.54, 1.807) is 0 Å². The number of quaternary nitrogens is 1. The van der Waals surface area contributed by atoms with Crippen molar-refractivity contribution in [1.82, 2.24) is 20.6 Å². The van der Waals surface area contributed by atoms with E-state index in [1.165, 1.54) is 13.1 Å². The van der Waals surface area contributed by atoms with Crippen LogP contribution < -0.4 is 10.4 Å². The minimum Gasteiger partial charge on any atom is -0.347 e. The molecule has 5 heteroatoms. The van der Waals surface area contributed by atoms with Crippen LogP contribution in [-0.4, -0.2) is 28.6 Å². The van der Waals surface area contributed by atoms with Gasteiger partial charge in [0.25, 0.3) is 0 Å². The molecule has 0 radical (unpaired) electrons. The number of hydrogen-bond acceptors (Lipinski definition) is 3. The number of rotatable bonds is 3. The molecule has 0 aliphatic carbocycles. The second kappa shape index (κ2) is 7.53. The maximum Gasteiger partial charge on any atom is 0.0726 e. The molecular formula is C11H17N5. The third-order valence-electron chi connectivity index (χ3n) is 1.93. The van der Waals surface area contributed by atoms with Crippen molar-refractivity contribution in [2.75, 3.05) is 13.1 Å². The quantitative estimate of drug-likeness (QED) is 0.794. The lowest BCUT2D eigenvalue weighted by Crippen LogP contribution is -2.82. The van der Waals surface area contributed by atoms with Gasteiger partial charge in [0.15, 0.2) is 0 Å². The Morgan fingerprint density at radius 3 is 2.25 bits per heavy atom. The van der Waals surface area contributed by atoms with Gasteiger partial charge in [0.2, 0.25) is 0 Å². The lowest BCUT2D eigenvalue weighted by atomic mass is 10.2. The zero-order chi connectivity index (χ0) is 11.6. The zero-order valence-corrected chi connectivity index (χ0v) is 9.67. The summed E-state index contributed by atoms with van der Waals surface area (Å²) in [5.41, 5.74) is 0.942. The van der Waals surface area contributed by atoms with Crippen LogP contribution in [-0.2, 0) is 0 Å². The molecule has 0 amide bonds. The molecule has 2 aromatic rings. The Kier molecular flexibility index (Phi) is 5.80. The number of benzene rings is 1. The van der Waals surface area contributed by atoms with Crippen LogP contribution in [0, 0.1) is 0 Å². The summed E-state index contributed by atoms with van der Waals surface area (Å²) < 4.78 is 0. The van der Waals surface area contributed by atoms with Gasteiger partial charge in [-0.05, 0) is 19.4 Å². The van der Waals surface area contributed by atoms with Crippen molar-refractivity contribution in [2.24, 2.45) is 0 Å². The summed E-state index contributed by atoms with van der Waals surface area (Å²) in [5, 5.41) is 16.5. The molecule has 0 spiro atoms. The maximum absolute atomic E-state index is 3.71. The normalized spacial score (nSPS) is 9.38. The third-order valence-corrected chi connectivity index (χ3v) is 1.93. The molecule has 0 unspecified atom stereocenters. The number of nitrogens with two attached hydrogens (primary N) is 1. The minimum atomic E-state index is 0.575. The average molecular weight is 219 g/mol. The fourth-order valence-electron chi connectivity index (χ4n) is 1.14. The predicted molar refractivity (Wildman–Crippen MR) is 61.6 cm³/mol. The van der Waals surface area contributed by atoms with E-state index in [2.05, 4.69) is 39.8 Å². The predicted octanol–water partition coefficient (Wildman–Crippen LogP) is 0.0854. The molecule has 0 bridgehead atoms. The first-order valence-electron chi connectivity index (χ1n) is 5.44. The van der Waals surface area contributed by atoms with E-state index in [0.717, 1.165) is 5.56 Å². The van der Waals surface area contributed by atoms with Crippen LogP contribution in [0.3, 0.4) is 0 Å². The van der Waals surface area contributed by atoms with Crippen molar-refractivity contribution in [1.29, 1.82) is 0 Å². The van der Waals surface area contributed by atoms with Gasteiger partial charge in [0.05, 0.1) is 13.1 Å². The van der Waals surface area contributed by atoms with Crippen molar-refractivity contribution < 1.29 is 5.32 Å². The number of nitrogens with zero attached hydrogens (tertiary/aromatic N) is 4. The minimum absolute atomic E-state index is 0.575. The molecule has 1 heterocycles. The molecule has 2 N–H and O–H groups in total. The van der Waals surface area contributed by atoms with Gasteiger partial charge in [-0.1, -0.05) is 30.3 Å². The summed E-state index contributed by atoms with van der Waals surface area (Å²) >= 11 is 0. The Bertz CT molecular complexity index is 355. The first kappa shape index (κ1) is 12.3. The second-order valence-electron chi connectivity index (χ2n) is 3.17. The number of aromatic nitrogens is 4. The van der Waals surface area contributed by atoms with Crippen molar-refractivity contribution in [3.63, 3.8) is 0 Å². The van der Waals surface area contributed by atoms with E-state index in [1.807, 2.05) is 30.3 Å². The summed E-state index contributed by atoms with van der Waals surface area (Å²) in [6.07, 6.45) is 0. The Morgan fingerprint density at radius 2 is 1.81 bits per heavy atom. The summed E-state index contributed by atoms with van der Waals surface area (Å²) in [6.45, 7) is 6.75. The second-order valence-corrected chi connectivity index (χ2v) is 3.17. The summed E-state index contributed by atoms with van der Waals surface area (Å²) in [5.74, 6) is 0.575. The molecule has 0 aliphatic heterocycles. The lowest BCUT2D eigenvalue weighted by molar-refractivity contribution is -0.648. The van der Waals surface area contributed by atoms with Gasteiger partial charge >= 0.3 is 0 Å². The van der Waals surface area contributed by atoms with E-state index in [9.17, 15) is 0 Å². The third kappa shape index (κ3) is 4.18. The van der Waals surface area contributed by atoms with Gasteiger partial charge in [0, 0.05) is 5.82 Å². The van der Waals surface area contributed by atoms with Gasteiger partial charge < -0.3 is 10.4 Å². The molecule has 0 fully saturated rings. The Labute approximate surface area is 95.3 Å². The number of tetrazole rings is 1. The van der Waals surface area contributed by atoms with Crippen molar-refractivity contribution in [3.05, 3.63) is 30.3 Å². The Hall–Kier alpha value is -1.75. The van der Waals surface area contributed by atoms with E-state index in [-0.39, 0.29) is 0 Å². The van der Waals surface area contributed by atoms with Crippen molar-refractivity contribution in [3.8, 4) is 11.4 Å².